The van der Waals surface area contributed by atoms with E-state index in [9.17, 15) is 19.5 Å². The van der Waals surface area contributed by atoms with E-state index in [4.69, 9.17) is 23.7 Å². The van der Waals surface area contributed by atoms with E-state index in [1.54, 1.807) is 0 Å². The summed E-state index contributed by atoms with van der Waals surface area (Å²) in [5.41, 5.74) is 0. The fraction of sp³-hybridized carbons (Fsp3) is 0.854. The second-order valence-electron chi connectivity index (χ2n) is 16.3. The van der Waals surface area contributed by atoms with Gasteiger partial charge >= 0.3 is 18.1 Å². The van der Waals surface area contributed by atoms with Gasteiger partial charge in [0.15, 0.2) is 6.29 Å². The number of allylic oxidation sites excluding steroid dienone is 4. The molecule has 10 heteroatoms. The molecule has 0 aliphatic rings. The van der Waals surface area contributed by atoms with Crippen molar-refractivity contribution in [1.82, 2.24) is 4.90 Å². The maximum Gasteiger partial charge on any atom is 0.508 e. The number of esters is 1. The Balaban J connectivity index is 5.07. The first-order valence-electron chi connectivity index (χ1n) is 23.6. The molecule has 0 aromatic carbocycles. The molecule has 0 heterocycles. The summed E-state index contributed by atoms with van der Waals surface area (Å²) in [7, 11) is 3.90. The maximum atomic E-state index is 13.0. The lowest BCUT2D eigenvalue weighted by molar-refractivity contribution is -0.160. The lowest BCUT2D eigenvalue weighted by Crippen LogP contribution is -2.27. The monoisotopic (exact) mass is 824 g/mol. The molecule has 0 rings (SSSR count). The zero-order valence-electron chi connectivity index (χ0n) is 38.0. The van der Waals surface area contributed by atoms with Gasteiger partial charge in [0.2, 0.25) is 0 Å². The summed E-state index contributed by atoms with van der Waals surface area (Å²) in [5, 5.41) is 10.1. The SMILES string of the molecule is CCCCC/C=C\C/C=C\CCCCCCC(CC(COC(=O)CCC(OCCCCCCCC)OCCCCCCCC)COC(=O)OCCCN(C)C)C(=O)O. The summed E-state index contributed by atoms with van der Waals surface area (Å²) in [6, 6.07) is 0. The minimum absolute atomic E-state index is 0.0430. The molecule has 2 atom stereocenters. The van der Waals surface area contributed by atoms with Crippen LogP contribution in [0, 0.1) is 11.8 Å². The molecule has 1 N–H and O–H groups in total. The van der Waals surface area contributed by atoms with Gasteiger partial charge in [0.25, 0.3) is 0 Å². The molecular weight excluding hydrogens is 735 g/mol. The van der Waals surface area contributed by atoms with E-state index in [-0.39, 0.29) is 32.7 Å². The predicted molar refractivity (Wildman–Crippen MR) is 237 cm³/mol. The van der Waals surface area contributed by atoms with E-state index in [0.29, 0.717) is 32.5 Å². The predicted octanol–water partition coefficient (Wildman–Crippen LogP) is 12.6. The number of ether oxygens (including phenoxy) is 5. The van der Waals surface area contributed by atoms with Crippen LogP contribution in [0.5, 0.6) is 0 Å². The second-order valence-corrected chi connectivity index (χ2v) is 16.3. The molecule has 0 spiro atoms. The lowest BCUT2D eigenvalue weighted by Gasteiger charge is -2.22. The number of carbonyl (C=O) groups excluding carboxylic acids is 2. The van der Waals surface area contributed by atoms with Gasteiger partial charge in [-0.05, 0) is 78.3 Å². The van der Waals surface area contributed by atoms with Gasteiger partial charge in [-0.1, -0.05) is 141 Å². The Morgan fingerprint density at radius 3 is 1.67 bits per heavy atom. The van der Waals surface area contributed by atoms with E-state index >= 15 is 0 Å². The first-order valence-corrected chi connectivity index (χ1v) is 23.6. The highest BCUT2D eigenvalue weighted by Gasteiger charge is 2.25. The number of hydrogen-bond donors (Lipinski definition) is 1. The van der Waals surface area contributed by atoms with Crippen LogP contribution in [0.25, 0.3) is 0 Å². The fourth-order valence-electron chi connectivity index (χ4n) is 6.65. The summed E-state index contributed by atoms with van der Waals surface area (Å²) in [6.07, 6.45) is 34.4. The van der Waals surface area contributed by atoms with Crippen molar-refractivity contribution in [3.8, 4) is 0 Å². The number of aliphatic carboxylic acids is 1. The average molecular weight is 824 g/mol. The third-order valence-electron chi connectivity index (χ3n) is 10.3. The Morgan fingerprint density at radius 1 is 0.569 bits per heavy atom. The first kappa shape index (κ1) is 55.6. The average Bonchev–Trinajstić information content (AvgIpc) is 3.20. The number of carbonyl (C=O) groups is 3. The molecule has 0 saturated carbocycles. The van der Waals surface area contributed by atoms with E-state index in [1.807, 2.05) is 19.0 Å². The maximum absolute atomic E-state index is 13.0. The molecule has 340 valence electrons. The number of hydrogen-bond acceptors (Lipinski definition) is 9. The molecule has 0 aliphatic carbocycles. The molecule has 2 unspecified atom stereocenters. The van der Waals surface area contributed by atoms with Crippen LogP contribution >= 0.6 is 0 Å². The minimum Gasteiger partial charge on any atom is -0.481 e. The Bertz CT molecular complexity index is 984. The molecule has 10 nitrogen and oxygen atoms in total. The summed E-state index contributed by atoms with van der Waals surface area (Å²) >= 11 is 0. The Morgan fingerprint density at radius 2 is 1.09 bits per heavy atom. The summed E-state index contributed by atoms with van der Waals surface area (Å²) in [4.78, 5) is 39.7. The largest absolute Gasteiger partial charge is 0.508 e. The van der Waals surface area contributed by atoms with Crippen molar-refractivity contribution in [2.45, 2.75) is 200 Å². The molecular formula is C48H89NO9. The molecule has 0 aromatic rings. The molecule has 0 amide bonds. The third-order valence-corrected chi connectivity index (χ3v) is 10.3. The van der Waals surface area contributed by atoms with E-state index < -0.39 is 36.2 Å². The van der Waals surface area contributed by atoms with Crippen LogP contribution in [0.2, 0.25) is 0 Å². The van der Waals surface area contributed by atoms with Crippen LogP contribution < -0.4 is 0 Å². The summed E-state index contributed by atoms with van der Waals surface area (Å²) < 4.78 is 28.5. The zero-order chi connectivity index (χ0) is 42.7. The topological polar surface area (TPSA) is 121 Å². The Labute approximate surface area is 355 Å². The van der Waals surface area contributed by atoms with Crippen LogP contribution in [-0.4, -0.2) is 88.1 Å². The molecule has 0 saturated heterocycles. The van der Waals surface area contributed by atoms with Crippen molar-refractivity contribution in [2.24, 2.45) is 11.8 Å². The van der Waals surface area contributed by atoms with Crippen LogP contribution in [-0.2, 0) is 33.3 Å². The summed E-state index contributed by atoms with van der Waals surface area (Å²) in [6.45, 7) is 8.71. The zero-order valence-corrected chi connectivity index (χ0v) is 38.0. The van der Waals surface area contributed by atoms with Crippen LogP contribution in [0.15, 0.2) is 24.3 Å². The molecule has 0 fully saturated rings. The van der Waals surface area contributed by atoms with Gasteiger partial charge in [-0.3, -0.25) is 9.59 Å². The highest BCUT2D eigenvalue weighted by molar-refractivity contribution is 5.70. The van der Waals surface area contributed by atoms with Gasteiger partial charge < -0.3 is 33.7 Å². The minimum atomic E-state index is -0.888. The number of carboxylic acid groups (broad SMARTS) is 1. The number of rotatable bonds is 43. The summed E-state index contributed by atoms with van der Waals surface area (Å²) in [5.74, 6) is -2.41. The van der Waals surface area contributed by atoms with Crippen molar-refractivity contribution >= 4 is 18.1 Å². The molecule has 0 bridgehead atoms. The Hall–Kier alpha value is -2.43. The van der Waals surface area contributed by atoms with Crippen molar-refractivity contribution < 1.29 is 43.2 Å². The quantitative estimate of drug-likeness (QED) is 0.0275. The normalized spacial score (nSPS) is 12.9. The number of unbranched alkanes of at least 4 members (excludes halogenated alkanes) is 17. The van der Waals surface area contributed by atoms with Gasteiger partial charge in [0.05, 0.1) is 25.6 Å². The van der Waals surface area contributed by atoms with Crippen LogP contribution in [0.1, 0.15) is 194 Å². The molecule has 58 heavy (non-hydrogen) atoms. The molecule has 0 aliphatic heterocycles. The van der Waals surface area contributed by atoms with Crippen LogP contribution in [0.3, 0.4) is 0 Å². The highest BCUT2D eigenvalue weighted by Crippen LogP contribution is 2.22. The molecule has 0 aromatic heterocycles. The van der Waals surface area contributed by atoms with Crippen molar-refractivity contribution in [3.63, 3.8) is 0 Å². The molecule has 0 radical (unpaired) electrons. The second kappa shape index (κ2) is 42.7. The van der Waals surface area contributed by atoms with Crippen LogP contribution in [0.4, 0.5) is 4.79 Å². The lowest BCUT2D eigenvalue weighted by atomic mass is 9.90. The number of carboxylic acids is 1. The van der Waals surface area contributed by atoms with Crippen molar-refractivity contribution in [2.75, 3.05) is 53.7 Å². The third kappa shape index (κ3) is 39.1. The van der Waals surface area contributed by atoms with Gasteiger partial charge in [-0.2, -0.15) is 0 Å². The van der Waals surface area contributed by atoms with E-state index in [2.05, 4.69) is 45.1 Å². The number of nitrogens with zero attached hydrogens (tertiary/aromatic N) is 1. The van der Waals surface area contributed by atoms with Gasteiger partial charge in [0, 0.05) is 32.1 Å². The van der Waals surface area contributed by atoms with Crippen molar-refractivity contribution in [3.05, 3.63) is 24.3 Å². The highest BCUT2D eigenvalue weighted by atomic mass is 16.7. The van der Waals surface area contributed by atoms with Crippen molar-refractivity contribution in [1.29, 1.82) is 0 Å². The Kier molecular flexibility index (Phi) is 40.9. The standard InChI is InChI=1S/C48H89NO9/c1-6-9-12-15-18-19-20-21-22-23-24-25-26-29-33-44(47(51)52)40-43(42-58-48(53)56-39-32-36-49(4)5)41-57-45(50)34-35-46(54-37-30-27-16-13-10-7-2)55-38-31-28-17-14-11-8-3/h18-19,21-22,43-44,46H,6-17,20,23-42H2,1-5H3,(H,51,52)/b19-18-,22-21-. The van der Waals surface area contributed by atoms with E-state index in [0.717, 1.165) is 77.2 Å². The van der Waals surface area contributed by atoms with E-state index in [1.165, 1.54) is 70.6 Å². The smallest absolute Gasteiger partial charge is 0.481 e. The van der Waals surface area contributed by atoms with Gasteiger partial charge in [0.1, 0.15) is 6.61 Å². The van der Waals surface area contributed by atoms with Gasteiger partial charge in [-0.25, -0.2) is 4.79 Å². The van der Waals surface area contributed by atoms with Gasteiger partial charge in [-0.15, -0.1) is 0 Å². The first-order chi connectivity index (χ1) is 28.2. The fourth-order valence-corrected chi connectivity index (χ4v) is 6.65.